The molecule has 0 bridgehead atoms. The summed E-state index contributed by atoms with van der Waals surface area (Å²) in [5.41, 5.74) is 1.08. The summed E-state index contributed by atoms with van der Waals surface area (Å²) in [5.74, 6) is 0.533. The number of hydrogen-bond donors (Lipinski definition) is 1. The van der Waals surface area contributed by atoms with Gasteiger partial charge in [-0.3, -0.25) is 0 Å². The molecule has 0 amide bonds. The van der Waals surface area contributed by atoms with Gasteiger partial charge in [0, 0.05) is 12.5 Å². The Hall–Kier alpha value is -1.02. The van der Waals surface area contributed by atoms with E-state index in [1.807, 2.05) is 12.1 Å². The Morgan fingerprint density at radius 2 is 2.38 bits per heavy atom. The van der Waals surface area contributed by atoms with E-state index in [-0.39, 0.29) is 5.92 Å². The molecule has 68 valence electrons. The smallest absolute Gasteiger partial charge is 0.140 e. The third-order valence-corrected chi connectivity index (χ3v) is 2.24. The van der Waals surface area contributed by atoms with Gasteiger partial charge in [-0.1, -0.05) is 12.1 Å². The Morgan fingerprint density at radius 1 is 1.46 bits per heavy atom. The lowest BCUT2D eigenvalue weighted by Gasteiger charge is -2.20. The second-order valence-corrected chi connectivity index (χ2v) is 3.26. The van der Waals surface area contributed by atoms with Crippen LogP contribution in [0.5, 0.6) is 5.75 Å². The summed E-state index contributed by atoms with van der Waals surface area (Å²) in [6.45, 7) is 3.72. The zero-order valence-corrected chi connectivity index (χ0v) is 7.36. The summed E-state index contributed by atoms with van der Waals surface area (Å²) >= 11 is 0. The third kappa shape index (κ3) is 2.01. The molecule has 2 radical (unpaired) electrons. The highest BCUT2D eigenvalue weighted by Crippen LogP contribution is 2.29. The van der Waals surface area contributed by atoms with Gasteiger partial charge in [0.25, 0.3) is 0 Å². The lowest BCUT2D eigenvalue weighted by Crippen LogP contribution is -2.10. The van der Waals surface area contributed by atoms with Crippen molar-refractivity contribution in [1.29, 1.82) is 0 Å². The van der Waals surface area contributed by atoms with Crippen molar-refractivity contribution in [3.63, 3.8) is 0 Å². The van der Waals surface area contributed by atoms with Crippen LogP contribution in [0, 0.1) is 6.61 Å². The molecule has 1 aliphatic heterocycles. The lowest BCUT2D eigenvalue weighted by atomic mass is 9.93. The number of benzene rings is 1. The van der Waals surface area contributed by atoms with Crippen LogP contribution in [-0.2, 0) is 4.74 Å². The molecule has 13 heavy (non-hydrogen) atoms. The molecule has 1 aromatic rings. The maximum absolute atomic E-state index is 9.28. The summed E-state index contributed by atoms with van der Waals surface area (Å²) in [6, 6.07) is 7.28. The van der Waals surface area contributed by atoms with Crippen molar-refractivity contribution >= 4 is 0 Å². The molecule has 1 fully saturated rings. The van der Waals surface area contributed by atoms with E-state index >= 15 is 0 Å². The number of hydrogen-bond acceptors (Lipinski definition) is 2. The second-order valence-electron chi connectivity index (χ2n) is 3.26. The highest BCUT2D eigenvalue weighted by molar-refractivity contribution is 5.30. The molecule has 1 aliphatic rings. The van der Waals surface area contributed by atoms with Crippen molar-refractivity contribution in [3.8, 4) is 5.75 Å². The van der Waals surface area contributed by atoms with Crippen LogP contribution in [0.15, 0.2) is 24.3 Å². The van der Waals surface area contributed by atoms with Crippen LogP contribution >= 0.6 is 0 Å². The van der Waals surface area contributed by atoms with E-state index in [0.29, 0.717) is 5.75 Å². The van der Waals surface area contributed by atoms with Gasteiger partial charge >= 0.3 is 0 Å². The molecule has 1 saturated heterocycles. The number of rotatable bonds is 1. The van der Waals surface area contributed by atoms with Gasteiger partial charge in [-0.25, -0.2) is 0 Å². The number of phenolic OH excluding ortho intramolecular Hbond substituents is 1. The van der Waals surface area contributed by atoms with E-state index in [2.05, 4.69) is 6.61 Å². The Kier molecular flexibility index (Phi) is 2.50. The van der Waals surface area contributed by atoms with E-state index < -0.39 is 0 Å². The highest BCUT2D eigenvalue weighted by atomic mass is 16.5. The molecule has 0 aliphatic carbocycles. The maximum atomic E-state index is 9.28. The quantitative estimate of drug-likeness (QED) is 0.711. The fraction of sp³-hybridized carbons (Fsp3) is 0.364. The van der Waals surface area contributed by atoms with Crippen molar-refractivity contribution < 1.29 is 9.84 Å². The van der Waals surface area contributed by atoms with Gasteiger partial charge in [0.2, 0.25) is 0 Å². The number of aromatic hydroxyl groups is 1. The molecule has 1 heterocycles. The van der Waals surface area contributed by atoms with Gasteiger partial charge in [0.05, 0.1) is 0 Å². The summed E-state index contributed by atoms with van der Waals surface area (Å²) in [6.07, 6.45) is 2.12. The van der Waals surface area contributed by atoms with Gasteiger partial charge in [-0.2, -0.15) is 0 Å². The molecular formula is C11H12O2. The first-order valence-corrected chi connectivity index (χ1v) is 4.52. The molecule has 1 atom stereocenters. The van der Waals surface area contributed by atoms with Gasteiger partial charge in [0.15, 0.2) is 0 Å². The molecule has 2 rings (SSSR count). The molecule has 2 nitrogen and oxygen atoms in total. The van der Waals surface area contributed by atoms with Crippen molar-refractivity contribution in [1.82, 2.24) is 0 Å². The van der Waals surface area contributed by atoms with Gasteiger partial charge in [-0.05, 0) is 30.5 Å². The largest absolute Gasteiger partial charge is 0.508 e. The number of phenols is 1. The maximum Gasteiger partial charge on any atom is 0.140 e. The molecule has 2 heteroatoms. The lowest BCUT2D eigenvalue weighted by molar-refractivity contribution is 0.140. The van der Waals surface area contributed by atoms with Crippen LogP contribution in [0.1, 0.15) is 24.3 Å². The Labute approximate surface area is 78.2 Å². The van der Waals surface area contributed by atoms with Gasteiger partial charge < -0.3 is 9.84 Å². The molecule has 1 N–H and O–H groups in total. The minimum absolute atomic E-state index is 0.223. The van der Waals surface area contributed by atoms with E-state index in [9.17, 15) is 5.11 Å². The average Bonchev–Trinajstić information content (AvgIpc) is 2.19. The molecule has 1 unspecified atom stereocenters. The summed E-state index contributed by atoms with van der Waals surface area (Å²) in [5, 5.41) is 9.28. The number of ether oxygens (including phenoxy) is 1. The SMILES string of the molecule is Oc1cccc(C2[C]OCCC2)c1. The molecular weight excluding hydrogens is 164 g/mol. The first kappa shape index (κ1) is 8.57. The predicted molar refractivity (Wildman–Crippen MR) is 49.3 cm³/mol. The second kappa shape index (κ2) is 3.79. The molecule has 0 aromatic heterocycles. The standard InChI is InChI=1S/C11H12O2/c12-11-5-1-3-9(7-11)10-4-2-6-13-8-10/h1,3,5,7,10,12H,2,4,6H2. The Balaban J connectivity index is 2.14. The summed E-state index contributed by atoms with van der Waals surface area (Å²) < 4.78 is 5.14. The van der Waals surface area contributed by atoms with Crippen molar-refractivity contribution in [2.75, 3.05) is 6.61 Å². The highest BCUT2D eigenvalue weighted by Gasteiger charge is 2.17. The summed E-state index contributed by atoms with van der Waals surface area (Å²) in [7, 11) is 0. The van der Waals surface area contributed by atoms with Crippen LogP contribution in [0.3, 0.4) is 0 Å². The Morgan fingerprint density at radius 3 is 3.08 bits per heavy atom. The van der Waals surface area contributed by atoms with E-state index in [1.54, 1.807) is 12.1 Å². The first-order valence-electron chi connectivity index (χ1n) is 4.52. The minimum atomic E-state index is 0.223. The van der Waals surface area contributed by atoms with Crippen molar-refractivity contribution in [2.24, 2.45) is 0 Å². The fourth-order valence-electron chi connectivity index (χ4n) is 1.55. The van der Waals surface area contributed by atoms with Crippen LogP contribution < -0.4 is 0 Å². The first-order chi connectivity index (χ1) is 6.36. The topological polar surface area (TPSA) is 29.5 Å². The molecule has 0 saturated carbocycles. The van der Waals surface area contributed by atoms with Gasteiger partial charge in [0.1, 0.15) is 12.4 Å². The average molecular weight is 176 g/mol. The van der Waals surface area contributed by atoms with Gasteiger partial charge in [-0.15, -0.1) is 0 Å². The van der Waals surface area contributed by atoms with Crippen molar-refractivity contribution in [3.05, 3.63) is 36.4 Å². The van der Waals surface area contributed by atoms with E-state index in [0.717, 1.165) is 25.0 Å². The molecule has 0 spiro atoms. The van der Waals surface area contributed by atoms with Crippen LogP contribution in [-0.4, -0.2) is 11.7 Å². The molecule has 1 aromatic carbocycles. The predicted octanol–water partition coefficient (Wildman–Crippen LogP) is 2.32. The Bertz CT molecular complexity index is 277. The summed E-state index contributed by atoms with van der Waals surface area (Å²) in [4.78, 5) is 0. The zero-order valence-electron chi connectivity index (χ0n) is 7.36. The van der Waals surface area contributed by atoms with Crippen LogP contribution in [0.25, 0.3) is 0 Å². The third-order valence-electron chi connectivity index (χ3n) is 2.24. The normalized spacial score (nSPS) is 22.9. The van der Waals surface area contributed by atoms with Crippen molar-refractivity contribution in [2.45, 2.75) is 18.8 Å². The minimum Gasteiger partial charge on any atom is -0.508 e. The van der Waals surface area contributed by atoms with Crippen LogP contribution in [0.4, 0.5) is 0 Å². The van der Waals surface area contributed by atoms with E-state index in [1.165, 1.54) is 0 Å². The zero-order chi connectivity index (χ0) is 9.10. The fourth-order valence-corrected chi connectivity index (χ4v) is 1.55. The van der Waals surface area contributed by atoms with Crippen LogP contribution in [0.2, 0.25) is 0 Å². The monoisotopic (exact) mass is 176 g/mol. The van der Waals surface area contributed by atoms with E-state index in [4.69, 9.17) is 4.74 Å².